The van der Waals surface area contributed by atoms with Crippen LogP contribution in [0.3, 0.4) is 0 Å². The molecule has 0 amide bonds. The highest BCUT2D eigenvalue weighted by Gasteiger charge is 2.57. The number of aldehydes is 2. The molecule has 5 heteroatoms. The largest absolute Gasteiger partial charge is 0.507 e. The molecular formula is C28H38O5. The minimum absolute atomic E-state index is 0.0314. The van der Waals surface area contributed by atoms with Crippen molar-refractivity contribution in [1.82, 2.24) is 0 Å². The Morgan fingerprint density at radius 3 is 2.33 bits per heavy atom. The van der Waals surface area contributed by atoms with Crippen LogP contribution in [0.15, 0.2) is 11.6 Å². The molecule has 0 unspecified atom stereocenters. The van der Waals surface area contributed by atoms with E-state index < -0.39 is 11.4 Å². The molecular weight excluding hydrogens is 416 g/mol. The van der Waals surface area contributed by atoms with Crippen LogP contribution >= 0.6 is 0 Å². The standard InChI is InChI=1S/C28H38O5/c1-15(2)11-17-20-8-7-16(3)12-22-21(27(22,4)5)9-10-28(20,6)33-26-19(14-30)24(31)18(13-29)25(32)23(17)26/h12-15,17,20-22,31-32H,7-11H2,1-6H3/t17-,20+,21+,22+,28-/m0/s1. The van der Waals surface area contributed by atoms with E-state index in [1.54, 1.807) is 0 Å². The van der Waals surface area contributed by atoms with Crippen LogP contribution < -0.4 is 4.74 Å². The van der Waals surface area contributed by atoms with Gasteiger partial charge in [0.2, 0.25) is 0 Å². The van der Waals surface area contributed by atoms with E-state index in [0.717, 1.165) is 32.1 Å². The van der Waals surface area contributed by atoms with Gasteiger partial charge in [0.1, 0.15) is 22.8 Å². The number of allylic oxidation sites excluding steroid dienone is 2. The van der Waals surface area contributed by atoms with E-state index in [-0.39, 0.29) is 39.9 Å². The van der Waals surface area contributed by atoms with Crippen LogP contribution in [-0.4, -0.2) is 28.4 Å². The Balaban J connectivity index is 1.89. The summed E-state index contributed by atoms with van der Waals surface area (Å²) in [7, 11) is 0. The third kappa shape index (κ3) is 3.77. The van der Waals surface area contributed by atoms with Crippen LogP contribution in [0.2, 0.25) is 0 Å². The quantitative estimate of drug-likeness (QED) is 0.405. The number of hydrogen-bond acceptors (Lipinski definition) is 5. The Labute approximate surface area is 197 Å². The maximum Gasteiger partial charge on any atom is 0.157 e. The van der Waals surface area contributed by atoms with Crippen molar-refractivity contribution >= 4 is 12.6 Å². The number of carbonyl (C=O) groups is 2. The van der Waals surface area contributed by atoms with Crippen molar-refractivity contribution in [2.24, 2.45) is 29.1 Å². The summed E-state index contributed by atoms with van der Waals surface area (Å²) in [6.07, 6.45) is 7.96. The summed E-state index contributed by atoms with van der Waals surface area (Å²) in [5.74, 6) is 1.08. The van der Waals surface area contributed by atoms with Crippen molar-refractivity contribution in [3.63, 3.8) is 0 Å². The molecule has 1 heterocycles. The number of fused-ring (bicyclic) bond motifs is 3. The second-order valence-corrected chi connectivity index (χ2v) is 11.8. The Bertz CT molecular complexity index is 1000. The number of ether oxygens (including phenoxy) is 1. The zero-order valence-electron chi connectivity index (χ0n) is 20.8. The predicted molar refractivity (Wildman–Crippen MR) is 128 cm³/mol. The molecule has 0 aromatic heterocycles. The fraction of sp³-hybridized carbons (Fsp3) is 0.643. The van der Waals surface area contributed by atoms with E-state index in [2.05, 4.69) is 47.6 Å². The first-order chi connectivity index (χ1) is 15.5. The van der Waals surface area contributed by atoms with Crippen LogP contribution in [0.5, 0.6) is 17.2 Å². The molecule has 0 radical (unpaired) electrons. The van der Waals surface area contributed by atoms with Gasteiger partial charge in [-0.2, -0.15) is 0 Å². The Hall–Kier alpha value is -2.30. The molecule has 180 valence electrons. The summed E-state index contributed by atoms with van der Waals surface area (Å²) < 4.78 is 6.63. The maximum absolute atomic E-state index is 12.0. The summed E-state index contributed by atoms with van der Waals surface area (Å²) in [4.78, 5) is 23.8. The number of phenols is 2. The van der Waals surface area contributed by atoms with Crippen LogP contribution in [0, 0.1) is 29.1 Å². The van der Waals surface area contributed by atoms with Gasteiger partial charge in [0.25, 0.3) is 0 Å². The molecule has 2 N–H and O–H groups in total. The van der Waals surface area contributed by atoms with Gasteiger partial charge in [-0.3, -0.25) is 9.59 Å². The SMILES string of the molecule is CC1=C[C@@H]2[C@@H](CC[C@]3(C)Oc4c(C=O)c(O)c(C=O)c(O)c4[C@@H](CC(C)C)[C@H]3CC1)C2(C)C. The second kappa shape index (κ2) is 8.18. The third-order valence-electron chi connectivity index (χ3n) is 8.85. The monoisotopic (exact) mass is 454 g/mol. The fourth-order valence-corrected chi connectivity index (χ4v) is 6.79. The topological polar surface area (TPSA) is 83.8 Å². The number of hydrogen-bond donors (Lipinski definition) is 2. The lowest BCUT2D eigenvalue weighted by atomic mass is 9.65. The molecule has 0 bridgehead atoms. The normalized spacial score (nSPS) is 32.5. The molecule has 33 heavy (non-hydrogen) atoms. The molecule has 0 spiro atoms. The van der Waals surface area contributed by atoms with E-state index in [0.29, 0.717) is 35.9 Å². The van der Waals surface area contributed by atoms with Gasteiger partial charge in [-0.1, -0.05) is 39.3 Å². The predicted octanol–water partition coefficient (Wildman–Crippen LogP) is 6.41. The zero-order valence-corrected chi connectivity index (χ0v) is 20.8. The number of aromatic hydroxyl groups is 2. The van der Waals surface area contributed by atoms with Gasteiger partial charge < -0.3 is 14.9 Å². The molecule has 2 aliphatic carbocycles. The summed E-state index contributed by atoms with van der Waals surface area (Å²) >= 11 is 0. The molecule has 1 aromatic rings. The van der Waals surface area contributed by atoms with Crippen LogP contribution in [0.1, 0.15) is 106 Å². The summed E-state index contributed by atoms with van der Waals surface area (Å²) in [5, 5.41) is 21.7. The van der Waals surface area contributed by atoms with Gasteiger partial charge in [-0.05, 0) is 75.0 Å². The average Bonchev–Trinajstić information content (AvgIpc) is 3.24. The van der Waals surface area contributed by atoms with Gasteiger partial charge in [0, 0.05) is 11.5 Å². The van der Waals surface area contributed by atoms with E-state index in [1.807, 2.05) is 0 Å². The van der Waals surface area contributed by atoms with Gasteiger partial charge in [0.05, 0.1) is 11.1 Å². The second-order valence-electron chi connectivity index (χ2n) is 11.8. The van der Waals surface area contributed by atoms with Gasteiger partial charge >= 0.3 is 0 Å². The van der Waals surface area contributed by atoms with Crippen molar-refractivity contribution < 1.29 is 24.5 Å². The smallest absolute Gasteiger partial charge is 0.157 e. The maximum atomic E-state index is 12.0. The van der Waals surface area contributed by atoms with E-state index in [4.69, 9.17) is 4.74 Å². The minimum atomic E-state index is -0.535. The minimum Gasteiger partial charge on any atom is -0.507 e. The Morgan fingerprint density at radius 1 is 1.06 bits per heavy atom. The number of benzene rings is 1. The Morgan fingerprint density at radius 2 is 1.73 bits per heavy atom. The Kier molecular flexibility index (Phi) is 5.91. The van der Waals surface area contributed by atoms with Crippen molar-refractivity contribution in [2.75, 3.05) is 0 Å². The lowest BCUT2D eigenvalue weighted by Crippen LogP contribution is -2.48. The lowest BCUT2D eigenvalue weighted by Gasteiger charge is -2.49. The zero-order chi connectivity index (χ0) is 24.3. The highest BCUT2D eigenvalue weighted by Crippen LogP contribution is 2.64. The van der Waals surface area contributed by atoms with Crippen molar-refractivity contribution in [3.8, 4) is 17.2 Å². The molecule has 3 aliphatic rings. The average molecular weight is 455 g/mol. The first-order valence-electron chi connectivity index (χ1n) is 12.3. The lowest BCUT2D eigenvalue weighted by molar-refractivity contribution is -0.0253. The highest BCUT2D eigenvalue weighted by molar-refractivity contribution is 5.95. The van der Waals surface area contributed by atoms with Gasteiger partial charge in [0.15, 0.2) is 12.6 Å². The summed E-state index contributed by atoms with van der Waals surface area (Å²) in [5.41, 5.74) is 1.39. The molecule has 1 fully saturated rings. The molecule has 1 aromatic carbocycles. The molecule has 5 atom stereocenters. The van der Waals surface area contributed by atoms with Crippen LogP contribution in [-0.2, 0) is 0 Å². The highest BCUT2D eigenvalue weighted by atomic mass is 16.5. The van der Waals surface area contributed by atoms with Crippen LogP contribution in [0.25, 0.3) is 0 Å². The van der Waals surface area contributed by atoms with Crippen molar-refractivity contribution in [1.29, 1.82) is 0 Å². The molecule has 5 nitrogen and oxygen atoms in total. The molecule has 1 saturated carbocycles. The summed E-state index contributed by atoms with van der Waals surface area (Å²) in [6, 6.07) is 0. The number of rotatable bonds is 4. The molecule has 1 aliphatic heterocycles. The summed E-state index contributed by atoms with van der Waals surface area (Å²) in [6.45, 7) is 13.3. The first-order valence-corrected chi connectivity index (χ1v) is 12.3. The number of carbonyl (C=O) groups excluding carboxylic acids is 2. The van der Waals surface area contributed by atoms with E-state index in [1.165, 1.54) is 5.57 Å². The van der Waals surface area contributed by atoms with Crippen molar-refractivity contribution in [3.05, 3.63) is 28.3 Å². The third-order valence-corrected chi connectivity index (χ3v) is 8.85. The van der Waals surface area contributed by atoms with E-state index in [9.17, 15) is 19.8 Å². The van der Waals surface area contributed by atoms with Crippen molar-refractivity contribution in [2.45, 2.75) is 85.2 Å². The fourth-order valence-electron chi connectivity index (χ4n) is 6.79. The first kappa shape index (κ1) is 23.8. The number of phenolic OH excluding ortho intramolecular Hbond substituents is 2. The van der Waals surface area contributed by atoms with Crippen LogP contribution in [0.4, 0.5) is 0 Å². The van der Waals surface area contributed by atoms with Gasteiger partial charge in [-0.15, -0.1) is 0 Å². The molecule has 4 rings (SSSR count). The van der Waals surface area contributed by atoms with Gasteiger partial charge in [-0.25, -0.2) is 0 Å². The molecule has 0 saturated heterocycles. The van der Waals surface area contributed by atoms with E-state index >= 15 is 0 Å².